The van der Waals surface area contributed by atoms with E-state index in [0.717, 1.165) is 89.9 Å². The topological polar surface area (TPSA) is 78.9 Å². The first-order valence-electron chi connectivity index (χ1n) is 35.3. The van der Waals surface area contributed by atoms with Crippen molar-refractivity contribution in [1.82, 2.24) is 0 Å². The molecule has 1 atom stereocenters. The maximum Gasteiger partial charge on any atom is 0.306 e. The minimum absolute atomic E-state index is 0.0774. The van der Waals surface area contributed by atoms with E-state index >= 15 is 0 Å². The summed E-state index contributed by atoms with van der Waals surface area (Å²) in [5, 5.41) is 0. The minimum Gasteiger partial charge on any atom is -0.462 e. The molecule has 0 aliphatic carbocycles. The van der Waals surface area contributed by atoms with Crippen LogP contribution in [0.2, 0.25) is 0 Å². The third-order valence-corrected chi connectivity index (χ3v) is 15.7. The Morgan fingerprint density at radius 2 is 0.450 bits per heavy atom. The number of rotatable bonds is 65. The van der Waals surface area contributed by atoms with Crippen LogP contribution < -0.4 is 0 Å². The van der Waals surface area contributed by atoms with Crippen molar-refractivity contribution in [2.24, 2.45) is 0 Å². The average molecular weight is 1120 g/mol. The van der Waals surface area contributed by atoms with E-state index in [1.807, 2.05) is 0 Å². The smallest absolute Gasteiger partial charge is 0.306 e. The Kier molecular flexibility index (Phi) is 66.1. The fourth-order valence-corrected chi connectivity index (χ4v) is 10.4. The van der Waals surface area contributed by atoms with Gasteiger partial charge in [-0.2, -0.15) is 0 Å². The van der Waals surface area contributed by atoms with Gasteiger partial charge in [0.2, 0.25) is 0 Å². The van der Waals surface area contributed by atoms with Gasteiger partial charge in [-0.3, -0.25) is 14.4 Å². The lowest BCUT2D eigenvalue weighted by molar-refractivity contribution is -0.167. The molecule has 0 bridgehead atoms. The highest BCUT2D eigenvalue weighted by Crippen LogP contribution is 2.18. The lowest BCUT2D eigenvalue weighted by Gasteiger charge is -2.18. The van der Waals surface area contributed by atoms with Gasteiger partial charge in [0.05, 0.1) is 0 Å². The number of ether oxygens (including phenoxy) is 3. The first-order valence-corrected chi connectivity index (χ1v) is 35.3. The molecule has 6 heteroatoms. The summed E-state index contributed by atoms with van der Waals surface area (Å²) in [7, 11) is 0. The van der Waals surface area contributed by atoms with Crippen LogP contribution in [0.1, 0.15) is 374 Å². The molecule has 0 amide bonds. The zero-order chi connectivity index (χ0) is 57.8. The number of esters is 3. The van der Waals surface area contributed by atoms with Gasteiger partial charge in [-0.05, 0) is 89.9 Å². The van der Waals surface area contributed by atoms with Gasteiger partial charge in [0.25, 0.3) is 0 Å². The standard InChI is InChI=1S/C74H134O6/c1-4-7-10-13-16-19-22-25-28-31-33-35-36-37-38-40-41-43-46-49-52-55-58-61-64-67-73(76)79-70-71(69-78-72(75)66-63-60-57-54-51-48-45-30-27-24-21-18-15-12-9-6-3)80-74(77)68-65-62-59-56-53-50-47-44-42-39-34-32-29-26-23-20-17-14-11-8-5-2/h21-22,24-25,30-31,33,36-37,45,71H,4-20,23,26-29,32,34-35,38-44,46-70H2,1-3H3/b24-21-,25-22-,33-31-,37-36-,45-30-. The molecule has 0 saturated carbocycles. The summed E-state index contributed by atoms with van der Waals surface area (Å²) in [6, 6.07) is 0. The van der Waals surface area contributed by atoms with Crippen LogP contribution in [0.25, 0.3) is 0 Å². The second-order valence-electron chi connectivity index (χ2n) is 23.8. The molecule has 0 heterocycles. The highest BCUT2D eigenvalue weighted by molar-refractivity contribution is 5.71. The molecule has 6 nitrogen and oxygen atoms in total. The van der Waals surface area contributed by atoms with Crippen molar-refractivity contribution < 1.29 is 28.6 Å². The quantitative estimate of drug-likeness (QED) is 0.0261. The summed E-state index contributed by atoms with van der Waals surface area (Å²) in [6.45, 7) is 6.66. The number of carbonyl (C=O) groups is 3. The van der Waals surface area contributed by atoms with Crippen LogP contribution in [0.5, 0.6) is 0 Å². The Balaban J connectivity index is 4.33. The molecule has 0 radical (unpaired) electrons. The fraction of sp³-hybridized carbons (Fsp3) is 0.824. The summed E-state index contributed by atoms with van der Waals surface area (Å²) in [5.74, 6) is -0.870. The number of carbonyl (C=O) groups excluding carboxylic acids is 3. The molecule has 0 aromatic carbocycles. The highest BCUT2D eigenvalue weighted by atomic mass is 16.6. The third-order valence-electron chi connectivity index (χ3n) is 15.7. The molecule has 0 N–H and O–H groups in total. The predicted molar refractivity (Wildman–Crippen MR) is 348 cm³/mol. The first-order chi connectivity index (χ1) is 39.5. The largest absolute Gasteiger partial charge is 0.462 e. The molecule has 0 aliphatic heterocycles. The Hall–Kier alpha value is -2.89. The van der Waals surface area contributed by atoms with E-state index in [9.17, 15) is 14.4 Å². The van der Waals surface area contributed by atoms with E-state index in [1.54, 1.807) is 0 Å². The second-order valence-corrected chi connectivity index (χ2v) is 23.8. The summed E-state index contributed by atoms with van der Waals surface area (Å²) in [5.41, 5.74) is 0. The molecule has 1 unspecified atom stereocenters. The highest BCUT2D eigenvalue weighted by Gasteiger charge is 2.19. The van der Waals surface area contributed by atoms with Gasteiger partial charge >= 0.3 is 17.9 Å². The molecule has 80 heavy (non-hydrogen) atoms. The molecule has 0 rings (SSSR count). The first kappa shape index (κ1) is 77.1. The van der Waals surface area contributed by atoms with Crippen molar-refractivity contribution in [3.05, 3.63) is 60.8 Å². The zero-order valence-corrected chi connectivity index (χ0v) is 53.6. The normalized spacial score (nSPS) is 12.4. The Morgan fingerprint density at radius 3 is 0.713 bits per heavy atom. The van der Waals surface area contributed by atoms with Crippen molar-refractivity contribution in [3.63, 3.8) is 0 Å². The van der Waals surface area contributed by atoms with E-state index in [1.165, 1.54) is 244 Å². The van der Waals surface area contributed by atoms with Crippen molar-refractivity contribution in [1.29, 1.82) is 0 Å². The van der Waals surface area contributed by atoms with Crippen LogP contribution in [0, 0.1) is 0 Å². The number of allylic oxidation sites excluding steroid dienone is 10. The van der Waals surface area contributed by atoms with Crippen LogP contribution in [-0.2, 0) is 28.6 Å². The number of unbranched alkanes of at least 4 members (excludes halogenated alkanes) is 44. The third kappa shape index (κ3) is 65.9. The van der Waals surface area contributed by atoms with E-state index in [4.69, 9.17) is 14.2 Å². The molecule has 0 saturated heterocycles. The minimum atomic E-state index is -0.782. The van der Waals surface area contributed by atoms with Gasteiger partial charge in [0.1, 0.15) is 13.2 Å². The molecule has 0 fully saturated rings. The van der Waals surface area contributed by atoms with Crippen molar-refractivity contribution in [2.45, 2.75) is 380 Å². The van der Waals surface area contributed by atoms with E-state index in [-0.39, 0.29) is 31.1 Å². The van der Waals surface area contributed by atoms with Gasteiger partial charge in [-0.15, -0.1) is 0 Å². The lowest BCUT2D eigenvalue weighted by atomic mass is 10.0. The van der Waals surface area contributed by atoms with Crippen molar-refractivity contribution in [3.8, 4) is 0 Å². The summed E-state index contributed by atoms with van der Waals surface area (Å²) in [4.78, 5) is 38.5. The van der Waals surface area contributed by atoms with Gasteiger partial charge in [-0.1, -0.05) is 326 Å². The Morgan fingerprint density at radius 1 is 0.250 bits per heavy atom. The summed E-state index contributed by atoms with van der Waals surface area (Å²) >= 11 is 0. The van der Waals surface area contributed by atoms with Crippen LogP contribution in [-0.4, -0.2) is 37.2 Å². The molecule has 0 aromatic rings. The van der Waals surface area contributed by atoms with Crippen LogP contribution in [0.3, 0.4) is 0 Å². The molecule has 0 spiro atoms. The second kappa shape index (κ2) is 68.6. The average Bonchev–Trinajstić information content (AvgIpc) is 3.46. The zero-order valence-electron chi connectivity index (χ0n) is 53.6. The van der Waals surface area contributed by atoms with Crippen LogP contribution >= 0.6 is 0 Å². The van der Waals surface area contributed by atoms with Crippen molar-refractivity contribution >= 4 is 17.9 Å². The molecule has 0 aliphatic rings. The van der Waals surface area contributed by atoms with Gasteiger partial charge in [0, 0.05) is 19.3 Å². The van der Waals surface area contributed by atoms with Gasteiger partial charge in [0.15, 0.2) is 6.10 Å². The van der Waals surface area contributed by atoms with Crippen LogP contribution in [0.4, 0.5) is 0 Å². The number of hydrogen-bond acceptors (Lipinski definition) is 6. The van der Waals surface area contributed by atoms with E-state index < -0.39 is 6.10 Å². The van der Waals surface area contributed by atoms with Gasteiger partial charge < -0.3 is 14.2 Å². The van der Waals surface area contributed by atoms with E-state index in [2.05, 4.69) is 81.5 Å². The maximum absolute atomic E-state index is 13.0. The molecule has 0 aromatic heterocycles. The molecule has 466 valence electrons. The maximum atomic E-state index is 13.0. The summed E-state index contributed by atoms with van der Waals surface area (Å²) in [6.07, 6.45) is 88.1. The lowest BCUT2D eigenvalue weighted by Crippen LogP contribution is -2.30. The molecular formula is C74H134O6. The summed E-state index contributed by atoms with van der Waals surface area (Å²) < 4.78 is 17.0. The number of hydrogen-bond donors (Lipinski definition) is 0. The SMILES string of the molecule is CCCCCC/C=C\C/C=C\CCCCCCCC(=O)OCC(COC(=O)CCCCCCCCCCCC/C=C\C/C=C\C/C=C\CCCCCCC)OC(=O)CCCCCCCCCCCCCCCCCCCCCCC. The molecular weight excluding hydrogens is 985 g/mol. The monoisotopic (exact) mass is 1120 g/mol. The Labute approximate surface area is 498 Å². The van der Waals surface area contributed by atoms with Crippen molar-refractivity contribution in [2.75, 3.05) is 13.2 Å². The fourth-order valence-electron chi connectivity index (χ4n) is 10.4. The van der Waals surface area contributed by atoms with Crippen LogP contribution in [0.15, 0.2) is 60.8 Å². The predicted octanol–water partition coefficient (Wildman–Crippen LogP) is 24.3. The van der Waals surface area contributed by atoms with E-state index in [0.29, 0.717) is 19.3 Å². The van der Waals surface area contributed by atoms with Gasteiger partial charge in [-0.25, -0.2) is 0 Å². The Bertz CT molecular complexity index is 1430.